The molecule has 0 aliphatic heterocycles. The van der Waals surface area contributed by atoms with Crippen LogP contribution in [0.15, 0.2) is 42.5 Å². The highest BCUT2D eigenvalue weighted by Gasteiger charge is 2.06. The molecule has 2 aromatic carbocycles. The Morgan fingerprint density at radius 2 is 1.96 bits per heavy atom. The number of amides is 1. The molecular weight excluding hydrogens is 316 g/mol. The lowest BCUT2D eigenvalue weighted by molar-refractivity contribution is -0.114. The van der Waals surface area contributed by atoms with Crippen molar-refractivity contribution in [2.45, 2.75) is 13.5 Å². The van der Waals surface area contributed by atoms with Crippen molar-refractivity contribution in [1.82, 2.24) is 0 Å². The van der Waals surface area contributed by atoms with Gasteiger partial charge in [0.1, 0.15) is 5.75 Å². The molecule has 0 aromatic heterocycles. The van der Waals surface area contributed by atoms with Crippen LogP contribution in [0.5, 0.6) is 5.75 Å². The summed E-state index contributed by atoms with van der Waals surface area (Å²) >= 11 is 6.05. The number of rotatable bonds is 7. The second-order valence-electron chi connectivity index (χ2n) is 4.83. The van der Waals surface area contributed by atoms with Gasteiger partial charge >= 0.3 is 0 Å². The monoisotopic (exact) mass is 334 g/mol. The third-order valence-electron chi connectivity index (χ3n) is 3.10. The molecule has 0 saturated heterocycles. The summed E-state index contributed by atoms with van der Waals surface area (Å²) in [6.07, 6.45) is 0. The predicted octanol–water partition coefficient (Wildman–Crippen LogP) is 3.28. The standard InChI is InChI=1S/C17H19ClN2O3/c1-2-23-14-6-4-13(5-7-14)20-17(22)10-19-16-9-12(11-21)3-8-15(16)18/h3-9,19,21H,2,10-11H2,1H3,(H,20,22). The van der Waals surface area contributed by atoms with Gasteiger partial charge in [-0.2, -0.15) is 0 Å². The van der Waals surface area contributed by atoms with Crippen LogP contribution in [-0.4, -0.2) is 24.2 Å². The summed E-state index contributed by atoms with van der Waals surface area (Å²) in [6.45, 7) is 2.51. The van der Waals surface area contributed by atoms with Gasteiger partial charge in [-0.1, -0.05) is 17.7 Å². The number of hydrogen-bond donors (Lipinski definition) is 3. The molecule has 23 heavy (non-hydrogen) atoms. The van der Waals surface area contributed by atoms with Crippen LogP contribution >= 0.6 is 11.6 Å². The molecule has 122 valence electrons. The molecule has 0 aliphatic rings. The van der Waals surface area contributed by atoms with E-state index >= 15 is 0 Å². The molecule has 0 saturated carbocycles. The summed E-state index contributed by atoms with van der Waals surface area (Å²) < 4.78 is 5.35. The minimum atomic E-state index is -0.195. The van der Waals surface area contributed by atoms with Gasteiger partial charge in [0.25, 0.3) is 0 Å². The lowest BCUT2D eigenvalue weighted by atomic mass is 10.2. The zero-order valence-corrected chi connectivity index (χ0v) is 13.6. The van der Waals surface area contributed by atoms with E-state index in [-0.39, 0.29) is 19.1 Å². The molecule has 1 amide bonds. The molecule has 0 unspecified atom stereocenters. The Hall–Kier alpha value is -2.24. The third kappa shape index (κ3) is 5.16. The van der Waals surface area contributed by atoms with Crippen molar-refractivity contribution in [3.05, 3.63) is 53.1 Å². The van der Waals surface area contributed by atoms with Crippen molar-refractivity contribution >= 4 is 28.9 Å². The fraction of sp³-hybridized carbons (Fsp3) is 0.235. The Morgan fingerprint density at radius 1 is 1.22 bits per heavy atom. The van der Waals surface area contributed by atoms with Crippen molar-refractivity contribution in [1.29, 1.82) is 0 Å². The number of carbonyl (C=O) groups is 1. The highest BCUT2D eigenvalue weighted by molar-refractivity contribution is 6.33. The molecular formula is C17H19ClN2O3. The molecule has 0 radical (unpaired) electrons. The Labute approximate surface area is 140 Å². The summed E-state index contributed by atoms with van der Waals surface area (Å²) in [7, 11) is 0. The Balaban J connectivity index is 1.90. The fourth-order valence-electron chi connectivity index (χ4n) is 1.99. The van der Waals surface area contributed by atoms with E-state index in [4.69, 9.17) is 21.4 Å². The van der Waals surface area contributed by atoms with Crippen LogP contribution in [0.25, 0.3) is 0 Å². The largest absolute Gasteiger partial charge is 0.494 e. The quantitative estimate of drug-likeness (QED) is 0.726. The van der Waals surface area contributed by atoms with Gasteiger partial charge in [0.2, 0.25) is 5.91 Å². The van der Waals surface area contributed by atoms with Crippen LogP contribution in [-0.2, 0) is 11.4 Å². The number of aliphatic hydroxyl groups excluding tert-OH is 1. The molecule has 2 rings (SSSR count). The lowest BCUT2D eigenvalue weighted by Gasteiger charge is -2.11. The summed E-state index contributed by atoms with van der Waals surface area (Å²) in [5.74, 6) is 0.566. The fourth-order valence-corrected chi connectivity index (χ4v) is 2.17. The van der Waals surface area contributed by atoms with Gasteiger partial charge in [-0.3, -0.25) is 4.79 Å². The van der Waals surface area contributed by atoms with Crippen molar-refractivity contribution < 1.29 is 14.6 Å². The number of halogens is 1. The first-order valence-corrected chi connectivity index (χ1v) is 7.66. The minimum Gasteiger partial charge on any atom is -0.494 e. The van der Waals surface area contributed by atoms with Gasteiger partial charge in [-0.25, -0.2) is 0 Å². The maximum Gasteiger partial charge on any atom is 0.243 e. The maximum absolute atomic E-state index is 12.0. The van der Waals surface area contributed by atoms with Gasteiger partial charge in [0.15, 0.2) is 0 Å². The molecule has 2 aromatic rings. The molecule has 0 bridgehead atoms. The molecule has 5 nitrogen and oxygen atoms in total. The maximum atomic E-state index is 12.0. The van der Waals surface area contributed by atoms with Crippen LogP contribution in [0.4, 0.5) is 11.4 Å². The normalized spacial score (nSPS) is 10.2. The van der Waals surface area contributed by atoms with Crippen molar-refractivity contribution in [3.63, 3.8) is 0 Å². The Morgan fingerprint density at radius 3 is 2.61 bits per heavy atom. The zero-order chi connectivity index (χ0) is 16.7. The van der Waals surface area contributed by atoms with E-state index in [1.807, 2.05) is 6.92 Å². The second-order valence-corrected chi connectivity index (χ2v) is 5.24. The molecule has 6 heteroatoms. The smallest absolute Gasteiger partial charge is 0.243 e. The number of hydrogen-bond acceptors (Lipinski definition) is 4. The van der Waals surface area contributed by atoms with Gasteiger partial charge in [-0.15, -0.1) is 0 Å². The Bertz CT molecular complexity index is 659. The van der Waals surface area contributed by atoms with Crippen LogP contribution < -0.4 is 15.4 Å². The summed E-state index contributed by atoms with van der Waals surface area (Å²) in [5, 5.41) is 15.4. The van der Waals surface area contributed by atoms with Gasteiger partial charge < -0.3 is 20.5 Å². The molecule has 0 aliphatic carbocycles. The van der Waals surface area contributed by atoms with Crippen molar-refractivity contribution in [2.75, 3.05) is 23.8 Å². The van der Waals surface area contributed by atoms with E-state index in [1.165, 1.54) is 0 Å². The van der Waals surface area contributed by atoms with Gasteiger partial charge in [-0.05, 0) is 48.9 Å². The van der Waals surface area contributed by atoms with Crippen LogP contribution in [0.2, 0.25) is 5.02 Å². The number of aliphatic hydroxyl groups is 1. The number of carbonyl (C=O) groups excluding carboxylic acids is 1. The molecule has 3 N–H and O–H groups in total. The number of anilines is 2. The number of nitrogens with one attached hydrogen (secondary N) is 2. The highest BCUT2D eigenvalue weighted by Crippen LogP contribution is 2.23. The van der Waals surface area contributed by atoms with E-state index in [2.05, 4.69) is 10.6 Å². The third-order valence-corrected chi connectivity index (χ3v) is 3.43. The van der Waals surface area contributed by atoms with Crippen LogP contribution in [0, 0.1) is 0 Å². The van der Waals surface area contributed by atoms with E-state index < -0.39 is 0 Å². The molecule has 0 spiro atoms. The van der Waals surface area contributed by atoms with Crippen molar-refractivity contribution in [2.24, 2.45) is 0 Å². The second kappa shape index (κ2) is 8.41. The van der Waals surface area contributed by atoms with E-state index in [1.54, 1.807) is 42.5 Å². The molecule has 0 fully saturated rings. The number of benzene rings is 2. The molecule has 0 heterocycles. The average Bonchev–Trinajstić information content (AvgIpc) is 2.56. The first-order valence-electron chi connectivity index (χ1n) is 7.28. The van der Waals surface area contributed by atoms with Crippen LogP contribution in [0.1, 0.15) is 12.5 Å². The zero-order valence-electron chi connectivity index (χ0n) is 12.8. The minimum absolute atomic E-state index is 0.0712. The molecule has 0 atom stereocenters. The topological polar surface area (TPSA) is 70.6 Å². The predicted molar refractivity (Wildman–Crippen MR) is 92.1 cm³/mol. The lowest BCUT2D eigenvalue weighted by Crippen LogP contribution is -2.21. The van der Waals surface area contributed by atoms with E-state index in [9.17, 15) is 4.79 Å². The number of ether oxygens (including phenoxy) is 1. The SMILES string of the molecule is CCOc1ccc(NC(=O)CNc2cc(CO)ccc2Cl)cc1. The average molecular weight is 335 g/mol. The van der Waals surface area contributed by atoms with Crippen molar-refractivity contribution in [3.8, 4) is 5.75 Å². The summed E-state index contributed by atoms with van der Waals surface area (Å²) in [6, 6.07) is 12.3. The first-order chi connectivity index (χ1) is 11.1. The summed E-state index contributed by atoms with van der Waals surface area (Å²) in [5.41, 5.74) is 2.03. The Kier molecular flexibility index (Phi) is 6.26. The van der Waals surface area contributed by atoms with E-state index in [0.29, 0.717) is 23.0 Å². The van der Waals surface area contributed by atoms with E-state index in [0.717, 1.165) is 11.3 Å². The summed E-state index contributed by atoms with van der Waals surface area (Å²) in [4.78, 5) is 12.0. The highest BCUT2D eigenvalue weighted by atomic mass is 35.5. The van der Waals surface area contributed by atoms with Gasteiger partial charge in [0, 0.05) is 5.69 Å². The van der Waals surface area contributed by atoms with Gasteiger partial charge in [0.05, 0.1) is 30.5 Å². The van der Waals surface area contributed by atoms with Crippen LogP contribution in [0.3, 0.4) is 0 Å². The first kappa shape index (κ1) is 17.1.